The lowest BCUT2D eigenvalue weighted by molar-refractivity contribution is -0.139. The summed E-state index contributed by atoms with van der Waals surface area (Å²) in [6.07, 6.45) is -4.72. The molecule has 0 unspecified atom stereocenters. The van der Waals surface area contributed by atoms with Gasteiger partial charge in [-0.15, -0.1) is 0 Å². The van der Waals surface area contributed by atoms with E-state index in [-0.39, 0.29) is 11.4 Å². The Morgan fingerprint density at radius 2 is 1.75 bits per heavy atom. The van der Waals surface area contributed by atoms with E-state index in [4.69, 9.17) is 5.73 Å². The van der Waals surface area contributed by atoms with Crippen molar-refractivity contribution in [2.24, 2.45) is 0 Å². The van der Waals surface area contributed by atoms with Gasteiger partial charge in [0.05, 0.1) is 11.3 Å². The van der Waals surface area contributed by atoms with Crippen LogP contribution in [0.5, 0.6) is 0 Å². The average molecular weight is 285 g/mol. The third-order valence-electron chi connectivity index (χ3n) is 2.84. The minimum atomic E-state index is -4.72. The predicted molar refractivity (Wildman–Crippen MR) is 66.3 cm³/mol. The number of hydrogen-bond donors (Lipinski definition) is 1. The lowest BCUT2D eigenvalue weighted by Crippen LogP contribution is -2.08. The molecule has 3 nitrogen and oxygen atoms in total. The van der Waals surface area contributed by atoms with Crippen molar-refractivity contribution in [1.82, 2.24) is 9.97 Å². The Labute approximate surface area is 112 Å². The molecule has 0 bridgehead atoms. The second-order valence-electron chi connectivity index (χ2n) is 4.32. The quantitative estimate of drug-likeness (QED) is 0.816. The molecule has 0 radical (unpaired) electrons. The molecule has 2 aromatic rings. The van der Waals surface area contributed by atoms with Gasteiger partial charge < -0.3 is 5.73 Å². The van der Waals surface area contributed by atoms with Crippen molar-refractivity contribution in [3.05, 3.63) is 41.0 Å². The highest BCUT2D eigenvalue weighted by molar-refractivity contribution is 5.67. The van der Waals surface area contributed by atoms with Crippen LogP contribution >= 0.6 is 0 Å². The van der Waals surface area contributed by atoms with Crippen LogP contribution in [-0.2, 0) is 6.18 Å². The topological polar surface area (TPSA) is 51.8 Å². The summed E-state index contributed by atoms with van der Waals surface area (Å²) in [6, 6.07) is 2.66. The lowest BCUT2D eigenvalue weighted by Gasteiger charge is -2.11. The molecule has 0 aliphatic heterocycles. The van der Waals surface area contributed by atoms with Crippen molar-refractivity contribution in [1.29, 1.82) is 0 Å². The van der Waals surface area contributed by atoms with Crippen LogP contribution in [0.15, 0.2) is 18.2 Å². The molecular weight excluding hydrogens is 274 g/mol. The zero-order valence-corrected chi connectivity index (χ0v) is 10.7. The van der Waals surface area contributed by atoms with E-state index in [1.807, 2.05) is 0 Å². The third kappa shape index (κ3) is 2.56. The number of nitrogen functional groups attached to an aromatic ring is 1. The second-order valence-corrected chi connectivity index (χ2v) is 4.32. The van der Waals surface area contributed by atoms with E-state index < -0.39 is 17.6 Å². The van der Waals surface area contributed by atoms with E-state index in [2.05, 4.69) is 9.97 Å². The molecule has 0 amide bonds. The molecule has 1 aromatic carbocycles. The number of nitrogens with zero attached hydrogens (tertiary/aromatic N) is 2. The van der Waals surface area contributed by atoms with Gasteiger partial charge in [-0.25, -0.2) is 14.4 Å². The molecule has 0 saturated carbocycles. The number of nitrogens with two attached hydrogens (primary N) is 1. The smallest absolute Gasteiger partial charge is 0.383 e. The Morgan fingerprint density at radius 1 is 1.10 bits per heavy atom. The van der Waals surface area contributed by atoms with Crippen LogP contribution in [-0.4, -0.2) is 9.97 Å². The Kier molecular flexibility index (Phi) is 3.37. The summed E-state index contributed by atoms with van der Waals surface area (Å²) in [5.74, 6) is -0.763. The Hall–Kier alpha value is -2.18. The summed E-state index contributed by atoms with van der Waals surface area (Å²) in [7, 11) is 0. The number of anilines is 1. The molecule has 0 atom stereocenters. The van der Waals surface area contributed by atoms with E-state index in [1.165, 1.54) is 6.07 Å². The van der Waals surface area contributed by atoms with Crippen molar-refractivity contribution >= 4 is 5.82 Å². The van der Waals surface area contributed by atoms with Gasteiger partial charge in [-0.05, 0) is 26.0 Å². The molecular formula is C13H11F4N3. The van der Waals surface area contributed by atoms with Crippen molar-refractivity contribution in [2.45, 2.75) is 20.0 Å². The average Bonchev–Trinajstić information content (AvgIpc) is 2.32. The zero-order valence-electron chi connectivity index (χ0n) is 10.7. The largest absolute Gasteiger partial charge is 0.419 e. The maximum Gasteiger partial charge on any atom is 0.419 e. The summed E-state index contributed by atoms with van der Waals surface area (Å²) in [4.78, 5) is 8.03. The Bertz CT molecular complexity index is 665. The molecule has 2 rings (SSSR count). The van der Waals surface area contributed by atoms with Gasteiger partial charge in [-0.2, -0.15) is 13.2 Å². The van der Waals surface area contributed by atoms with Crippen LogP contribution in [0.4, 0.5) is 23.4 Å². The van der Waals surface area contributed by atoms with E-state index in [1.54, 1.807) is 13.8 Å². The second kappa shape index (κ2) is 4.73. The first kappa shape index (κ1) is 14.2. The molecule has 2 N–H and O–H groups in total. The number of benzene rings is 1. The highest BCUT2D eigenvalue weighted by Crippen LogP contribution is 2.34. The molecule has 20 heavy (non-hydrogen) atoms. The van der Waals surface area contributed by atoms with Crippen LogP contribution in [0.3, 0.4) is 0 Å². The van der Waals surface area contributed by atoms with Crippen LogP contribution in [0, 0.1) is 19.7 Å². The number of hydrogen-bond acceptors (Lipinski definition) is 3. The summed E-state index contributed by atoms with van der Waals surface area (Å²) >= 11 is 0. The predicted octanol–water partition coefficient (Wildman–Crippen LogP) is 3.50. The van der Waals surface area contributed by atoms with Gasteiger partial charge in [0.1, 0.15) is 17.5 Å². The van der Waals surface area contributed by atoms with Gasteiger partial charge >= 0.3 is 6.18 Å². The summed E-state index contributed by atoms with van der Waals surface area (Å²) < 4.78 is 51.1. The van der Waals surface area contributed by atoms with Crippen LogP contribution in [0.1, 0.15) is 17.0 Å². The summed E-state index contributed by atoms with van der Waals surface area (Å²) in [5.41, 5.74) is 5.41. The first-order chi connectivity index (χ1) is 9.20. The molecule has 0 spiro atoms. The minimum absolute atomic E-state index is 0.216. The molecule has 7 heteroatoms. The first-order valence-corrected chi connectivity index (χ1v) is 5.68. The van der Waals surface area contributed by atoms with Crippen molar-refractivity contribution in [2.75, 3.05) is 5.73 Å². The standard InChI is InChI=1S/C13H11F4N3/c1-6-11(19-7(2)20-12(6)18)8-3-4-9(10(14)5-8)13(15,16)17/h3-5H,1-2H3,(H2,18,19,20). The Morgan fingerprint density at radius 3 is 2.30 bits per heavy atom. The van der Waals surface area contributed by atoms with E-state index in [9.17, 15) is 17.6 Å². The van der Waals surface area contributed by atoms with Crippen LogP contribution < -0.4 is 5.73 Å². The molecule has 106 valence electrons. The molecule has 0 aliphatic rings. The highest BCUT2D eigenvalue weighted by atomic mass is 19.4. The number of aryl methyl sites for hydroxylation is 1. The van der Waals surface area contributed by atoms with Gasteiger partial charge in [-0.1, -0.05) is 6.07 Å². The number of alkyl halides is 3. The van der Waals surface area contributed by atoms with Gasteiger partial charge in [0.2, 0.25) is 0 Å². The van der Waals surface area contributed by atoms with E-state index >= 15 is 0 Å². The monoisotopic (exact) mass is 285 g/mol. The SMILES string of the molecule is Cc1nc(N)c(C)c(-c2ccc(C(F)(F)F)c(F)c2)n1. The summed E-state index contributed by atoms with van der Waals surface area (Å²) in [5, 5.41) is 0. The van der Waals surface area contributed by atoms with E-state index in [0.29, 0.717) is 23.1 Å². The minimum Gasteiger partial charge on any atom is -0.383 e. The fourth-order valence-electron chi connectivity index (χ4n) is 1.82. The van der Waals surface area contributed by atoms with Gasteiger partial charge in [-0.3, -0.25) is 0 Å². The molecule has 1 aromatic heterocycles. The van der Waals surface area contributed by atoms with Crippen LogP contribution in [0.2, 0.25) is 0 Å². The van der Waals surface area contributed by atoms with Crippen molar-refractivity contribution in [3.63, 3.8) is 0 Å². The fourth-order valence-corrected chi connectivity index (χ4v) is 1.82. The van der Waals surface area contributed by atoms with Gasteiger partial charge in [0.15, 0.2) is 0 Å². The lowest BCUT2D eigenvalue weighted by atomic mass is 10.0. The van der Waals surface area contributed by atoms with Crippen LogP contribution in [0.25, 0.3) is 11.3 Å². The maximum absolute atomic E-state index is 13.6. The normalized spacial score (nSPS) is 11.7. The van der Waals surface area contributed by atoms with Gasteiger partial charge in [0.25, 0.3) is 0 Å². The molecule has 1 heterocycles. The van der Waals surface area contributed by atoms with Gasteiger partial charge in [0, 0.05) is 11.1 Å². The molecule has 0 fully saturated rings. The summed E-state index contributed by atoms with van der Waals surface area (Å²) in [6.45, 7) is 3.22. The number of rotatable bonds is 1. The van der Waals surface area contributed by atoms with Crippen molar-refractivity contribution in [3.8, 4) is 11.3 Å². The number of aromatic nitrogens is 2. The zero-order chi connectivity index (χ0) is 15.1. The van der Waals surface area contributed by atoms with E-state index in [0.717, 1.165) is 6.07 Å². The molecule has 0 saturated heterocycles. The third-order valence-corrected chi connectivity index (χ3v) is 2.84. The number of halogens is 4. The first-order valence-electron chi connectivity index (χ1n) is 5.68. The highest BCUT2D eigenvalue weighted by Gasteiger charge is 2.34. The maximum atomic E-state index is 13.6. The Balaban J connectivity index is 2.58. The molecule has 0 aliphatic carbocycles. The van der Waals surface area contributed by atoms with Crippen molar-refractivity contribution < 1.29 is 17.6 Å². The fraction of sp³-hybridized carbons (Fsp3) is 0.231.